The highest BCUT2D eigenvalue weighted by Crippen LogP contribution is 2.29. The summed E-state index contributed by atoms with van der Waals surface area (Å²) in [5.74, 6) is 1.11. The number of rotatable bonds is 3. The van der Waals surface area contributed by atoms with E-state index in [1.54, 1.807) is 0 Å². The summed E-state index contributed by atoms with van der Waals surface area (Å²) >= 11 is 6.07. The summed E-state index contributed by atoms with van der Waals surface area (Å²) in [6.07, 6.45) is 4.48. The lowest BCUT2D eigenvalue weighted by Gasteiger charge is -2.33. The number of nitrogens with zero attached hydrogens (tertiary/aromatic N) is 4. The predicted molar refractivity (Wildman–Crippen MR) is 114 cm³/mol. The largest absolute Gasteiger partial charge is 0.351 e. The van der Waals surface area contributed by atoms with Crippen LogP contribution in [0.5, 0.6) is 0 Å². The maximum Gasteiger partial charge on any atom is 0.270 e. The van der Waals surface area contributed by atoms with Crippen LogP contribution in [-0.4, -0.2) is 43.4 Å². The molecule has 1 aliphatic rings. The number of carbonyl (C=O) groups excluding carboxylic acids is 1. The maximum atomic E-state index is 13.0. The minimum Gasteiger partial charge on any atom is -0.351 e. The van der Waals surface area contributed by atoms with E-state index in [4.69, 9.17) is 16.6 Å². The number of halogens is 1. The van der Waals surface area contributed by atoms with Crippen LogP contribution in [0.4, 0.5) is 0 Å². The molecule has 0 radical (unpaired) electrons. The number of fused-ring (bicyclic) bond motifs is 2. The molecule has 6 nitrogen and oxygen atoms in total. The first-order valence-corrected chi connectivity index (χ1v) is 10.4. The highest BCUT2D eigenvalue weighted by molar-refractivity contribution is 6.31. The lowest BCUT2D eigenvalue weighted by Crippen LogP contribution is -2.39. The molecule has 1 saturated heterocycles. The van der Waals surface area contributed by atoms with Gasteiger partial charge in [0.1, 0.15) is 17.0 Å². The summed E-state index contributed by atoms with van der Waals surface area (Å²) in [7, 11) is 0. The van der Waals surface area contributed by atoms with E-state index < -0.39 is 0 Å². The van der Waals surface area contributed by atoms with Crippen molar-refractivity contribution < 1.29 is 4.79 Å². The molecule has 0 saturated carbocycles. The van der Waals surface area contributed by atoms with Gasteiger partial charge in [-0.2, -0.15) is 0 Å². The number of amides is 1. The minimum absolute atomic E-state index is 0.0418. The minimum atomic E-state index is 0.0418. The Hall–Kier alpha value is -2.86. The van der Waals surface area contributed by atoms with Gasteiger partial charge < -0.3 is 14.5 Å². The second-order valence-corrected chi connectivity index (χ2v) is 7.97. The number of likely N-dealkylation sites (tertiary alicyclic amines) is 1. The van der Waals surface area contributed by atoms with Crippen LogP contribution in [-0.2, 0) is 6.42 Å². The molecule has 0 spiro atoms. The maximum absolute atomic E-state index is 13.0. The Morgan fingerprint density at radius 2 is 2.07 bits per heavy atom. The molecule has 5 rings (SSSR count). The number of hydrogen-bond donors (Lipinski definition) is 1. The number of carbonyl (C=O) groups is 1. The summed E-state index contributed by atoms with van der Waals surface area (Å²) in [5, 5.41) is 1.63. The Morgan fingerprint density at radius 3 is 2.86 bits per heavy atom. The number of nitrogens with one attached hydrogen (secondary N) is 1. The molecule has 1 aromatic carbocycles. The van der Waals surface area contributed by atoms with Crippen molar-refractivity contribution in [3.8, 4) is 0 Å². The van der Waals surface area contributed by atoms with Crippen LogP contribution in [0.15, 0.2) is 42.6 Å². The zero-order valence-electron chi connectivity index (χ0n) is 16.2. The van der Waals surface area contributed by atoms with Crippen LogP contribution in [0.2, 0.25) is 5.02 Å². The summed E-state index contributed by atoms with van der Waals surface area (Å²) in [6.45, 7) is 3.56. The Balaban J connectivity index is 1.35. The van der Waals surface area contributed by atoms with Crippen molar-refractivity contribution in [2.75, 3.05) is 13.1 Å². The highest BCUT2D eigenvalue weighted by Gasteiger charge is 2.28. The van der Waals surface area contributed by atoms with Crippen molar-refractivity contribution >= 4 is 39.6 Å². The topological polar surface area (TPSA) is 66.8 Å². The van der Waals surface area contributed by atoms with Crippen molar-refractivity contribution in [2.45, 2.75) is 32.2 Å². The summed E-state index contributed by atoms with van der Waals surface area (Å²) in [5.41, 5.74) is 3.43. The lowest BCUT2D eigenvalue weighted by atomic mass is 10.0. The van der Waals surface area contributed by atoms with Crippen LogP contribution >= 0.6 is 11.6 Å². The van der Waals surface area contributed by atoms with Gasteiger partial charge in [-0.25, -0.2) is 9.97 Å². The molecule has 1 amide bonds. The number of hydrogen-bond acceptors (Lipinski definition) is 3. The zero-order valence-corrected chi connectivity index (χ0v) is 17.0. The fraction of sp³-hybridized carbons (Fsp3) is 0.318. The number of aromatic amines is 1. The van der Waals surface area contributed by atoms with Crippen molar-refractivity contribution in [1.29, 1.82) is 0 Å². The molecular weight excluding hydrogens is 386 g/mol. The first-order valence-electron chi connectivity index (χ1n) is 10.0. The van der Waals surface area contributed by atoms with Crippen LogP contribution < -0.4 is 0 Å². The van der Waals surface area contributed by atoms with Gasteiger partial charge in [0.05, 0.1) is 0 Å². The van der Waals surface area contributed by atoms with Crippen molar-refractivity contribution in [1.82, 2.24) is 24.4 Å². The number of pyridine rings is 1. The van der Waals surface area contributed by atoms with E-state index in [1.165, 1.54) is 0 Å². The van der Waals surface area contributed by atoms with E-state index in [2.05, 4.69) is 21.5 Å². The van der Waals surface area contributed by atoms with Crippen LogP contribution in [0.25, 0.3) is 22.1 Å². The fourth-order valence-corrected chi connectivity index (χ4v) is 4.51. The van der Waals surface area contributed by atoms with Crippen LogP contribution in [0.1, 0.15) is 42.1 Å². The standard InChI is InChI=1S/C22H22ClN5O/c1-2-20-26-18-4-3-9-24-21(18)28(20)16-7-10-27(11-8-16)22(29)19-13-14-12-15(23)5-6-17(14)25-19/h3-6,9,12-13,16,25H,2,7-8,10-11H2,1H3. The highest BCUT2D eigenvalue weighted by atomic mass is 35.5. The van der Waals surface area contributed by atoms with E-state index in [0.717, 1.165) is 60.2 Å². The number of H-pyrrole nitrogens is 1. The van der Waals surface area contributed by atoms with E-state index in [1.807, 2.05) is 47.5 Å². The van der Waals surface area contributed by atoms with Crippen molar-refractivity contribution in [2.24, 2.45) is 0 Å². The first kappa shape index (κ1) is 18.2. The van der Waals surface area contributed by atoms with Crippen molar-refractivity contribution in [3.63, 3.8) is 0 Å². The van der Waals surface area contributed by atoms with Crippen LogP contribution in [0.3, 0.4) is 0 Å². The van der Waals surface area contributed by atoms with Gasteiger partial charge in [0.2, 0.25) is 0 Å². The predicted octanol–water partition coefficient (Wildman–Crippen LogP) is 4.61. The summed E-state index contributed by atoms with van der Waals surface area (Å²) < 4.78 is 2.28. The van der Waals surface area contributed by atoms with E-state index in [9.17, 15) is 4.79 Å². The Kier molecular flexibility index (Phi) is 4.51. The number of aromatic nitrogens is 4. The van der Waals surface area contributed by atoms with Gasteiger partial charge in [0, 0.05) is 47.7 Å². The van der Waals surface area contributed by atoms with E-state index in [0.29, 0.717) is 16.8 Å². The molecule has 1 N–H and O–H groups in total. The Labute approximate surface area is 173 Å². The van der Waals surface area contributed by atoms with Gasteiger partial charge in [-0.15, -0.1) is 0 Å². The molecule has 0 bridgehead atoms. The Morgan fingerprint density at radius 1 is 1.24 bits per heavy atom. The molecular formula is C22H22ClN5O. The molecule has 0 unspecified atom stereocenters. The fourth-order valence-electron chi connectivity index (χ4n) is 4.33. The number of imidazole rings is 1. The molecule has 29 heavy (non-hydrogen) atoms. The normalized spacial score (nSPS) is 15.4. The lowest BCUT2D eigenvalue weighted by molar-refractivity contribution is 0.0690. The Bertz CT molecular complexity index is 1200. The number of piperidine rings is 1. The van der Waals surface area contributed by atoms with Gasteiger partial charge in [-0.3, -0.25) is 4.79 Å². The van der Waals surface area contributed by atoms with E-state index in [-0.39, 0.29) is 5.91 Å². The third-order valence-electron chi connectivity index (χ3n) is 5.77. The summed E-state index contributed by atoms with van der Waals surface area (Å²) in [6, 6.07) is 11.7. The molecule has 0 aliphatic carbocycles. The number of benzene rings is 1. The van der Waals surface area contributed by atoms with Gasteiger partial charge in [0.25, 0.3) is 5.91 Å². The van der Waals surface area contributed by atoms with Crippen LogP contribution in [0, 0.1) is 0 Å². The van der Waals surface area contributed by atoms with Gasteiger partial charge in [-0.05, 0) is 49.2 Å². The third-order valence-corrected chi connectivity index (χ3v) is 6.00. The van der Waals surface area contributed by atoms with Crippen molar-refractivity contribution in [3.05, 3.63) is 59.1 Å². The average Bonchev–Trinajstić information content (AvgIpc) is 3.34. The molecule has 4 aromatic rings. The quantitative estimate of drug-likeness (QED) is 0.539. The van der Waals surface area contributed by atoms with Gasteiger partial charge in [0.15, 0.2) is 5.65 Å². The SMILES string of the molecule is CCc1nc2cccnc2n1C1CCN(C(=O)c2cc3cc(Cl)ccc3[nH]2)CC1. The van der Waals surface area contributed by atoms with Gasteiger partial charge in [-0.1, -0.05) is 18.5 Å². The molecule has 7 heteroatoms. The molecule has 0 atom stereocenters. The summed E-state index contributed by atoms with van der Waals surface area (Å²) in [4.78, 5) is 27.5. The molecule has 1 fully saturated rings. The number of aryl methyl sites for hydroxylation is 1. The van der Waals surface area contributed by atoms with E-state index >= 15 is 0 Å². The zero-order chi connectivity index (χ0) is 20.0. The second-order valence-electron chi connectivity index (χ2n) is 7.54. The first-order chi connectivity index (χ1) is 14.1. The monoisotopic (exact) mass is 407 g/mol. The molecule has 1 aliphatic heterocycles. The molecule has 3 aromatic heterocycles. The van der Waals surface area contributed by atoms with Gasteiger partial charge >= 0.3 is 0 Å². The molecule has 148 valence electrons. The average molecular weight is 408 g/mol. The smallest absolute Gasteiger partial charge is 0.270 e. The third kappa shape index (κ3) is 3.17. The second kappa shape index (κ2) is 7.19. The molecule has 4 heterocycles.